The van der Waals surface area contributed by atoms with Crippen LogP contribution in [0.3, 0.4) is 0 Å². The summed E-state index contributed by atoms with van der Waals surface area (Å²) in [5.41, 5.74) is 0. The third kappa shape index (κ3) is 5.81. The van der Waals surface area contributed by atoms with Gasteiger partial charge in [0.25, 0.3) is 0 Å². The SMILES string of the molecule is CCCCN(CCO)C(=O)NC1CC(N(CC)CC(=O)O)C1. The molecule has 128 valence electrons. The van der Waals surface area contributed by atoms with E-state index in [2.05, 4.69) is 12.2 Å². The largest absolute Gasteiger partial charge is 0.480 e. The van der Waals surface area contributed by atoms with Crippen LogP contribution < -0.4 is 5.32 Å². The van der Waals surface area contributed by atoms with Crippen LogP contribution in [-0.2, 0) is 4.79 Å². The summed E-state index contributed by atoms with van der Waals surface area (Å²) in [5.74, 6) is -0.817. The highest BCUT2D eigenvalue weighted by Gasteiger charge is 2.35. The second-order valence-corrected chi connectivity index (χ2v) is 5.79. The molecule has 0 unspecified atom stereocenters. The zero-order valence-corrected chi connectivity index (χ0v) is 13.6. The van der Waals surface area contributed by atoms with E-state index in [-0.39, 0.29) is 31.3 Å². The molecule has 1 aliphatic rings. The number of carboxylic acids is 1. The Morgan fingerprint density at radius 1 is 1.23 bits per heavy atom. The molecule has 1 saturated carbocycles. The van der Waals surface area contributed by atoms with Crippen molar-refractivity contribution in [3.8, 4) is 0 Å². The van der Waals surface area contributed by atoms with Crippen molar-refractivity contribution in [1.29, 1.82) is 0 Å². The van der Waals surface area contributed by atoms with Crippen molar-refractivity contribution in [3.63, 3.8) is 0 Å². The zero-order chi connectivity index (χ0) is 16.5. The van der Waals surface area contributed by atoms with E-state index in [1.807, 2.05) is 11.8 Å². The number of carbonyl (C=O) groups excluding carboxylic acids is 1. The topological polar surface area (TPSA) is 93.1 Å². The van der Waals surface area contributed by atoms with Gasteiger partial charge in [-0.1, -0.05) is 20.3 Å². The number of hydrogen-bond donors (Lipinski definition) is 3. The molecule has 1 rings (SSSR count). The van der Waals surface area contributed by atoms with Crippen molar-refractivity contribution in [2.24, 2.45) is 0 Å². The monoisotopic (exact) mass is 315 g/mol. The molecule has 0 bridgehead atoms. The molecule has 0 aromatic carbocycles. The molecule has 7 nitrogen and oxygen atoms in total. The van der Waals surface area contributed by atoms with Crippen molar-refractivity contribution >= 4 is 12.0 Å². The van der Waals surface area contributed by atoms with Crippen LogP contribution in [0.15, 0.2) is 0 Å². The molecule has 0 atom stereocenters. The predicted octanol–water partition coefficient (Wildman–Crippen LogP) is 0.728. The van der Waals surface area contributed by atoms with Gasteiger partial charge in [0.2, 0.25) is 0 Å². The molecule has 7 heteroatoms. The van der Waals surface area contributed by atoms with Gasteiger partial charge in [-0.3, -0.25) is 9.69 Å². The fourth-order valence-electron chi connectivity index (χ4n) is 2.73. The highest BCUT2D eigenvalue weighted by Crippen LogP contribution is 2.25. The van der Waals surface area contributed by atoms with Crippen LogP contribution in [0.5, 0.6) is 0 Å². The fraction of sp³-hybridized carbons (Fsp3) is 0.867. The first-order valence-corrected chi connectivity index (χ1v) is 8.13. The molecule has 1 fully saturated rings. The lowest BCUT2D eigenvalue weighted by atomic mass is 9.85. The maximum Gasteiger partial charge on any atom is 0.317 e. The Morgan fingerprint density at radius 3 is 2.41 bits per heavy atom. The van der Waals surface area contributed by atoms with Crippen LogP contribution >= 0.6 is 0 Å². The third-order valence-corrected chi connectivity index (χ3v) is 4.14. The van der Waals surface area contributed by atoms with Crippen molar-refractivity contribution in [2.45, 2.75) is 51.6 Å². The number of unbranched alkanes of at least 4 members (excludes halogenated alkanes) is 1. The molecule has 3 N–H and O–H groups in total. The maximum absolute atomic E-state index is 12.2. The number of rotatable bonds is 10. The number of hydrogen-bond acceptors (Lipinski definition) is 4. The lowest BCUT2D eigenvalue weighted by Gasteiger charge is -2.42. The van der Waals surface area contributed by atoms with E-state index in [1.165, 1.54) is 0 Å². The first-order chi connectivity index (χ1) is 10.5. The Morgan fingerprint density at radius 2 is 1.91 bits per heavy atom. The molecular weight excluding hydrogens is 286 g/mol. The standard InChI is InChI=1S/C15H29N3O4/c1-3-5-6-18(7-8-19)15(22)16-12-9-13(10-12)17(4-2)11-14(20)21/h12-13,19H,3-11H2,1-2H3,(H,16,22)(H,20,21). The van der Waals surface area contributed by atoms with E-state index in [1.54, 1.807) is 4.90 Å². The van der Waals surface area contributed by atoms with Gasteiger partial charge in [-0.05, 0) is 25.8 Å². The van der Waals surface area contributed by atoms with Gasteiger partial charge < -0.3 is 20.4 Å². The zero-order valence-electron chi connectivity index (χ0n) is 13.6. The van der Waals surface area contributed by atoms with Crippen LogP contribution in [0.2, 0.25) is 0 Å². The second-order valence-electron chi connectivity index (χ2n) is 5.79. The highest BCUT2D eigenvalue weighted by atomic mass is 16.4. The summed E-state index contributed by atoms with van der Waals surface area (Å²) in [5, 5.41) is 20.9. The summed E-state index contributed by atoms with van der Waals surface area (Å²) in [6.07, 6.45) is 3.49. The Kier molecular flexibility index (Phi) is 8.19. The predicted molar refractivity (Wildman–Crippen MR) is 83.8 cm³/mol. The number of nitrogens with zero attached hydrogens (tertiary/aromatic N) is 2. The van der Waals surface area contributed by atoms with E-state index in [0.717, 1.165) is 25.7 Å². The normalized spacial score (nSPS) is 20.5. The number of aliphatic hydroxyl groups is 1. The Labute approximate surface area is 132 Å². The van der Waals surface area contributed by atoms with Crippen LogP contribution in [0, 0.1) is 0 Å². The lowest BCUT2D eigenvalue weighted by molar-refractivity contribution is -0.139. The molecular formula is C15H29N3O4. The maximum atomic E-state index is 12.2. The first-order valence-electron chi connectivity index (χ1n) is 8.13. The summed E-state index contributed by atoms with van der Waals surface area (Å²) in [7, 11) is 0. The molecule has 0 aliphatic heterocycles. The van der Waals surface area contributed by atoms with E-state index in [9.17, 15) is 9.59 Å². The first kappa shape index (κ1) is 18.7. The molecule has 0 aromatic heterocycles. The van der Waals surface area contributed by atoms with Crippen molar-refractivity contribution < 1.29 is 19.8 Å². The van der Waals surface area contributed by atoms with Crippen molar-refractivity contribution in [2.75, 3.05) is 32.8 Å². The molecule has 22 heavy (non-hydrogen) atoms. The van der Waals surface area contributed by atoms with E-state index >= 15 is 0 Å². The number of carbonyl (C=O) groups is 2. The third-order valence-electron chi connectivity index (χ3n) is 4.14. The Balaban J connectivity index is 2.36. The van der Waals surface area contributed by atoms with Gasteiger partial charge in [0.05, 0.1) is 13.2 Å². The van der Waals surface area contributed by atoms with Gasteiger partial charge in [-0.25, -0.2) is 4.79 Å². The van der Waals surface area contributed by atoms with Crippen LogP contribution in [-0.4, -0.2) is 76.9 Å². The highest BCUT2D eigenvalue weighted by molar-refractivity contribution is 5.74. The minimum absolute atomic E-state index is 0.0351. The van der Waals surface area contributed by atoms with E-state index < -0.39 is 5.97 Å². The summed E-state index contributed by atoms with van der Waals surface area (Å²) in [6.45, 7) is 5.73. The minimum Gasteiger partial charge on any atom is -0.480 e. The lowest BCUT2D eigenvalue weighted by Crippen LogP contribution is -2.57. The quantitative estimate of drug-likeness (QED) is 0.552. The second kappa shape index (κ2) is 9.63. The van der Waals surface area contributed by atoms with Crippen molar-refractivity contribution in [3.05, 3.63) is 0 Å². The average molecular weight is 315 g/mol. The Hall–Kier alpha value is -1.34. The van der Waals surface area contributed by atoms with Crippen molar-refractivity contribution in [1.82, 2.24) is 15.1 Å². The number of aliphatic hydroxyl groups excluding tert-OH is 1. The van der Waals surface area contributed by atoms with Crippen LogP contribution in [0.4, 0.5) is 4.79 Å². The number of nitrogens with one attached hydrogen (secondary N) is 1. The van der Waals surface area contributed by atoms with Gasteiger partial charge in [-0.15, -0.1) is 0 Å². The molecule has 0 saturated heterocycles. The smallest absolute Gasteiger partial charge is 0.317 e. The molecule has 0 aromatic rings. The summed E-state index contributed by atoms with van der Waals surface area (Å²) in [4.78, 5) is 26.5. The average Bonchev–Trinajstić information content (AvgIpc) is 2.44. The fourth-order valence-corrected chi connectivity index (χ4v) is 2.73. The summed E-state index contributed by atoms with van der Waals surface area (Å²) < 4.78 is 0. The van der Waals surface area contributed by atoms with E-state index in [4.69, 9.17) is 10.2 Å². The molecule has 0 heterocycles. The Bertz CT molecular complexity index is 359. The summed E-state index contributed by atoms with van der Waals surface area (Å²) >= 11 is 0. The van der Waals surface area contributed by atoms with Gasteiger partial charge in [0.15, 0.2) is 0 Å². The van der Waals surface area contributed by atoms with Gasteiger partial charge in [0, 0.05) is 25.2 Å². The van der Waals surface area contributed by atoms with Crippen LogP contribution in [0.1, 0.15) is 39.5 Å². The number of urea groups is 1. The summed E-state index contributed by atoms with van der Waals surface area (Å²) in [6, 6.07) is 0.198. The van der Waals surface area contributed by atoms with E-state index in [0.29, 0.717) is 19.6 Å². The molecule has 2 amide bonds. The number of carboxylic acid groups (broad SMARTS) is 1. The van der Waals surface area contributed by atoms with Gasteiger partial charge in [0.1, 0.15) is 0 Å². The molecule has 0 spiro atoms. The number of amides is 2. The van der Waals surface area contributed by atoms with Gasteiger partial charge >= 0.3 is 12.0 Å². The molecule has 0 radical (unpaired) electrons. The minimum atomic E-state index is -0.817. The molecule has 1 aliphatic carbocycles. The van der Waals surface area contributed by atoms with Crippen LogP contribution in [0.25, 0.3) is 0 Å². The number of aliphatic carboxylic acids is 1. The number of likely N-dealkylation sites (N-methyl/N-ethyl adjacent to an activating group) is 1. The van der Waals surface area contributed by atoms with Gasteiger partial charge in [-0.2, -0.15) is 0 Å².